The smallest absolute Gasteiger partial charge is 0.242 e. The molecule has 1 aromatic carbocycles. The van der Waals surface area contributed by atoms with Gasteiger partial charge < -0.3 is 4.57 Å². The SMILES string of the molecule is CN(C)S(=O)(=O)c1ccc2c(c1)c(C1[NH+]3CC4(C)C[NH+]1CC(C)(C3)C4=O)cn2C. The fourth-order valence-electron chi connectivity index (χ4n) is 6.44. The van der Waals surface area contributed by atoms with Gasteiger partial charge in [0.1, 0.15) is 10.8 Å². The quantitative estimate of drug-likeness (QED) is 0.660. The molecule has 4 bridgehead atoms. The Labute approximate surface area is 171 Å². The summed E-state index contributed by atoms with van der Waals surface area (Å²) in [6.07, 6.45) is 2.40. The second-order valence-electron chi connectivity index (χ2n) is 10.1. The number of aryl methyl sites for hydroxylation is 1. The number of sulfonamides is 1. The maximum Gasteiger partial charge on any atom is 0.242 e. The average molecular weight is 419 g/mol. The number of piperidine rings is 2. The zero-order chi connectivity index (χ0) is 20.9. The van der Waals surface area contributed by atoms with Gasteiger partial charge in [-0.15, -0.1) is 0 Å². The van der Waals surface area contributed by atoms with Gasteiger partial charge in [-0.1, -0.05) is 0 Å². The Morgan fingerprint density at radius 3 is 2.14 bits per heavy atom. The zero-order valence-corrected chi connectivity index (χ0v) is 18.6. The molecular formula is C21H30N4O3S+2. The highest BCUT2D eigenvalue weighted by molar-refractivity contribution is 7.89. The molecule has 7 nitrogen and oxygen atoms in total. The zero-order valence-electron chi connectivity index (χ0n) is 17.7. The monoisotopic (exact) mass is 418 g/mol. The van der Waals surface area contributed by atoms with Gasteiger partial charge in [0, 0.05) is 38.2 Å². The van der Waals surface area contributed by atoms with E-state index in [0.29, 0.717) is 10.7 Å². The molecule has 4 aliphatic rings. The van der Waals surface area contributed by atoms with Gasteiger partial charge in [0.05, 0.1) is 36.6 Å². The molecule has 6 rings (SSSR count). The van der Waals surface area contributed by atoms with Crippen LogP contribution in [-0.4, -0.2) is 63.3 Å². The molecule has 0 saturated carbocycles. The van der Waals surface area contributed by atoms with Crippen LogP contribution in [0.1, 0.15) is 25.6 Å². The van der Waals surface area contributed by atoms with Crippen LogP contribution in [0.2, 0.25) is 0 Å². The number of quaternary nitrogens is 2. The number of nitrogens with zero attached hydrogens (tertiary/aromatic N) is 2. The van der Waals surface area contributed by atoms with Crippen LogP contribution >= 0.6 is 0 Å². The summed E-state index contributed by atoms with van der Waals surface area (Å²) < 4.78 is 28.8. The van der Waals surface area contributed by atoms with E-state index < -0.39 is 10.0 Å². The van der Waals surface area contributed by atoms with E-state index in [-0.39, 0.29) is 17.0 Å². The molecule has 5 heterocycles. The van der Waals surface area contributed by atoms with Crippen molar-refractivity contribution < 1.29 is 23.0 Å². The molecule has 0 aliphatic carbocycles. The predicted molar refractivity (Wildman–Crippen MR) is 109 cm³/mol. The Hall–Kier alpha value is -1.74. The lowest BCUT2D eigenvalue weighted by atomic mass is 9.62. The normalized spacial score (nSPS) is 36.5. The summed E-state index contributed by atoms with van der Waals surface area (Å²) in [6.45, 7) is 7.71. The van der Waals surface area contributed by atoms with Crippen LogP contribution in [0, 0.1) is 10.8 Å². The lowest BCUT2D eigenvalue weighted by molar-refractivity contribution is -1.18. The van der Waals surface area contributed by atoms with Crippen molar-refractivity contribution in [2.24, 2.45) is 17.9 Å². The molecular weight excluding hydrogens is 388 g/mol. The van der Waals surface area contributed by atoms with E-state index in [1.54, 1.807) is 20.2 Å². The highest BCUT2D eigenvalue weighted by Crippen LogP contribution is 2.37. The first kappa shape index (κ1) is 19.2. The van der Waals surface area contributed by atoms with E-state index in [0.717, 1.165) is 37.1 Å². The number of nitrogens with one attached hydrogen (secondary N) is 2. The lowest BCUT2D eigenvalue weighted by Crippen LogP contribution is -3.41. The van der Waals surface area contributed by atoms with E-state index in [9.17, 15) is 13.2 Å². The number of aromatic nitrogens is 1. The van der Waals surface area contributed by atoms with Crippen LogP contribution in [0.25, 0.3) is 10.9 Å². The van der Waals surface area contributed by atoms with Gasteiger partial charge >= 0.3 is 0 Å². The van der Waals surface area contributed by atoms with Gasteiger partial charge in [-0.3, -0.25) is 14.6 Å². The number of carbonyl (C=O) groups is 1. The van der Waals surface area contributed by atoms with E-state index in [1.165, 1.54) is 19.7 Å². The summed E-state index contributed by atoms with van der Waals surface area (Å²) in [5, 5.41) is 1.01. The van der Waals surface area contributed by atoms with E-state index >= 15 is 0 Å². The van der Waals surface area contributed by atoms with Gasteiger partial charge in [0.15, 0.2) is 5.78 Å². The van der Waals surface area contributed by atoms with Crippen molar-refractivity contribution in [3.63, 3.8) is 0 Å². The highest BCUT2D eigenvalue weighted by atomic mass is 32.2. The second-order valence-corrected chi connectivity index (χ2v) is 12.2. The summed E-state index contributed by atoms with van der Waals surface area (Å²) in [5.41, 5.74) is 1.76. The maximum absolute atomic E-state index is 13.0. The van der Waals surface area contributed by atoms with E-state index in [1.807, 2.05) is 19.2 Å². The molecule has 1 aromatic heterocycles. The highest BCUT2D eigenvalue weighted by Gasteiger charge is 2.68. The minimum absolute atomic E-state index is 0.240. The molecule has 0 amide bonds. The Morgan fingerprint density at radius 1 is 1.07 bits per heavy atom. The maximum atomic E-state index is 13.0. The van der Waals surface area contributed by atoms with Crippen molar-refractivity contribution >= 4 is 26.7 Å². The molecule has 4 fully saturated rings. The number of Topliss-reactive ketones (excluding diaryl/α,β-unsaturated/α-hetero) is 1. The van der Waals surface area contributed by atoms with Gasteiger partial charge in [0.2, 0.25) is 16.2 Å². The Kier molecular flexibility index (Phi) is 3.78. The van der Waals surface area contributed by atoms with Gasteiger partial charge in [-0.2, -0.15) is 0 Å². The summed E-state index contributed by atoms with van der Waals surface area (Å²) >= 11 is 0. The third kappa shape index (κ3) is 2.46. The van der Waals surface area contributed by atoms with Crippen molar-refractivity contribution in [1.82, 2.24) is 8.87 Å². The molecule has 4 saturated heterocycles. The minimum Gasteiger partial charge on any atom is -0.350 e. The molecule has 0 atom stereocenters. The Morgan fingerprint density at radius 2 is 1.62 bits per heavy atom. The molecule has 2 aromatic rings. The third-order valence-electron chi connectivity index (χ3n) is 7.46. The fourth-order valence-corrected chi connectivity index (χ4v) is 7.37. The first-order valence-electron chi connectivity index (χ1n) is 10.2. The summed E-state index contributed by atoms with van der Waals surface area (Å²) in [6, 6.07) is 5.44. The first-order valence-corrected chi connectivity index (χ1v) is 11.7. The summed E-state index contributed by atoms with van der Waals surface area (Å²) in [7, 11) is 1.66. The van der Waals surface area contributed by atoms with Crippen molar-refractivity contribution in [1.29, 1.82) is 0 Å². The Bertz CT molecular complexity index is 1110. The summed E-state index contributed by atoms with van der Waals surface area (Å²) in [5.74, 6) is 0.438. The van der Waals surface area contributed by atoms with Crippen LogP contribution in [-0.2, 0) is 21.9 Å². The van der Waals surface area contributed by atoms with Crippen LogP contribution in [0.4, 0.5) is 0 Å². The summed E-state index contributed by atoms with van der Waals surface area (Å²) in [4.78, 5) is 16.2. The second kappa shape index (κ2) is 5.69. The standard InChI is InChI=1S/C21H28N4O3S/c1-20-10-24-12-21(2,19(20)26)13-25(11-20)18(24)16-9-23(5)17-7-6-14(8-15(16)17)29(27,28)22(3)4/h6-9,18H,10-13H2,1-5H3/p+2. The molecule has 156 valence electrons. The number of fused-ring (bicyclic) bond motifs is 1. The van der Waals surface area contributed by atoms with Gasteiger partial charge in [-0.05, 0) is 32.0 Å². The van der Waals surface area contributed by atoms with E-state index in [4.69, 9.17) is 0 Å². The topological polar surface area (TPSA) is 68.3 Å². The molecule has 8 heteroatoms. The average Bonchev–Trinajstić information content (AvgIpc) is 2.94. The van der Waals surface area contributed by atoms with E-state index in [2.05, 4.69) is 24.6 Å². The molecule has 0 spiro atoms. The van der Waals surface area contributed by atoms with Crippen molar-refractivity contribution in [2.75, 3.05) is 40.3 Å². The number of ketones is 1. The predicted octanol–water partition coefficient (Wildman–Crippen LogP) is -1.18. The molecule has 0 radical (unpaired) electrons. The van der Waals surface area contributed by atoms with Crippen molar-refractivity contribution in [3.05, 3.63) is 30.0 Å². The number of hydrogen-bond donors (Lipinski definition) is 2. The van der Waals surface area contributed by atoms with Crippen LogP contribution < -0.4 is 9.80 Å². The van der Waals surface area contributed by atoms with Crippen molar-refractivity contribution in [3.8, 4) is 0 Å². The van der Waals surface area contributed by atoms with Gasteiger partial charge in [-0.25, -0.2) is 12.7 Å². The number of hydrogen-bond acceptors (Lipinski definition) is 3. The molecule has 2 N–H and O–H groups in total. The largest absolute Gasteiger partial charge is 0.350 e. The van der Waals surface area contributed by atoms with Crippen LogP contribution in [0.15, 0.2) is 29.3 Å². The Balaban J connectivity index is 1.64. The van der Waals surface area contributed by atoms with Crippen LogP contribution in [0.3, 0.4) is 0 Å². The molecule has 29 heavy (non-hydrogen) atoms. The minimum atomic E-state index is -3.49. The number of rotatable bonds is 3. The van der Waals surface area contributed by atoms with Crippen LogP contribution in [0.5, 0.6) is 0 Å². The lowest BCUT2D eigenvalue weighted by Gasteiger charge is -2.58. The number of carbonyl (C=O) groups excluding carboxylic acids is 1. The fraction of sp³-hybridized carbons (Fsp3) is 0.571. The van der Waals surface area contributed by atoms with Gasteiger partial charge in [0.25, 0.3) is 0 Å². The van der Waals surface area contributed by atoms with Crippen molar-refractivity contribution in [2.45, 2.75) is 24.9 Å². The third-order valence-corrected chi connectivity index (χ3v) is 9.27. The molecule has 0 unspecified atom stereocenters. The number of benzene rings is 1. The molecule has 4 aliphatic heterocycles. The first-order chi connectivity index (χ1) is 13.5.